The van der Waals surface area contributed by atoms with Gasteiger partial charge in [0.1, 0.15) is 5.82 Å². The first-order valence-corrected chi connectivity index (χ1v) is 6.48. The van der Waals surface area contributed by atoms with Gasteiger partial charge in [-0.1, -0.05) is 0 Å². The summed E-state index contributed by atoms with van der Waals surface area (Å²) in [4.78, 5) is 18.2. The average molecular weight is 246 g/mol. The van der Waals surface area contributed by atoms with Crippen molar-refractivity contribution in [1.29, 1.82) is 0 Å². The lowest BCUT2D eigenvalue weighted by Crippen LogP contribution is -2.41. The Labute approximate surface area is 106 Å². The molecule has 5 heteroatoms. The number of hydrogen-bond donors (Lipinski definition) is 2. The average Bonchev–Trinajstić information content (AvgIpc) is 2.82. The van der Waals surface area contributed by atoms with Crippen LogP contribution in [0.4, 0.5) is 5.82 Å². The maximum Gasteiger partial charge on any atom is 0.255 e. The molecular formula is C13H18N4O. The number of nitrogen functional groups attached to an aromatic ring is 1. The third-order valence-electron chi connectivity index (χ3n) is 3.92. The number of aromatic nitrogens is 1. The van der Waals surface area contributed by atoms with Gasteiger partial charge in [0.2, 0.25) is 0 Å². The Morgan fingerprint density at radius 2 is 2.33 bits per heavy atom. The van der Waals surface area contributed by atoms with E-state index in [2.05, 4.69) is 10.3 Å². The Hall–Kier alpha value is -1.62. The van der Waals surface area contributed by atoms with Crippen LogP contribution in [0.3, 0.4) is 0 Å². The van der Waals surface area contributed by atoms with Crippen molar-refractivity contribution in [2.45, 2.75) is 18.9 Å². The van der Waals surface area contributed by atoms with Crippen LogP contribution < -0.4 is 11.1 Å². The highest BCUT2D eigenvalue weighted by Crippen LogP contribution is 2.25. The van der Waals surface area contributed by atoms with E-state index < -0.39 is 0 Å². The number of piperidine rings is 1. The molecule has 3 rings (SSSR count). The van der Waals surface area contributed by atoms with Gasteiger partial charge in [0.15, 0.2) is 0 Å². The van der Waals surface area contributed by atoms with Crippen LogP contribution in [-0.2, 0) is 0 Å². The Bertz CT molecular complexity index is 431. The Kier molecular flexibility index (Phi) is 2.91. The molecule has 2 saturated heterocycles. The zero-order valence-electron chi connectivity index (χ0n) is 10.3. The molecular weight excluding hydrogens is 228 g/mol. The second kappa shape index (κ2) is 4.57. The Morgan fingerprint density at radius 3 is 3.06 bits per heavy atom. The van der Waals surface area contributed by atoms with Crippen LogP contribution in [0.25, 0.3) is 0 Å². The van der Waals surface area contributed by atoms with Crippen molar-refractivity contribution in [3.63, 3.8) is 0 Å². The molecule has 5 nitrogen and oxygen atoms in total. The molecule has 2 fully saturated rings. The first kappa shape index (κ1) is 11.5. The summed E-state index contributed by atoms with van der Waals surface area (Å²) in [7, 11) is 0. The summed E-state index contributed by atoms with van der Waals surface area (Å²) in [6.45, 7) is 2.75. The van der Waals surface area contributed by atoms with E-state index in [4.69, 9.17) is 5.73 Å². The van der Waals surface area contributed by atoms with Crippen molar-refractivity contribution in [3.05, 3.63) is 23.9 Å². The topological polar surface area (TPSA) is 71.2 Å². The molecule has 96 valence electrons. The molecule has 0 aliphatic carbocycles. The highest BCUT2D eigenvalue weighted by molar-refractivity contribution is 5.94. The molecule has 2 atom stereocenters. The molecule has 1 aromatic rings. The second-order valence-electron chi connectivity index (χ2n) is 5.14. The van der Waals surface area contributed by atoms with Crippen LogP contribution in [0.2, 0.25) is 0 Å². The summed E-state index contributed by atoms with van der Waals surface area (Å²) in [5.41, 5.74) is 6.16. The Balaban J connectivity index is 1.72. The van der Waals surface area contributed by atoms with E-state index in [-0.39, 0.29) is 5.91 Å². The van der Waals surface area contributed by atoms with Gasteiger partial charge in [-0.2, -0.15) is 0 Å². The molecule has 0 bridgehead atoms. The zero-order chi connectivity index (χ0) is 12.5. The third kappa shape index (κ3) is 2.06. The van der Waals surface area contributed by atoms with Crippen molar-refractivity contribution in [2.75, 3.05) is 25.4 Å². The SMILES string of the molecule is Nc1ccc(C(=O)N2CC3CCCNC3C2)cn1. The molecule has 2 aliphatic rings. The molecule has 3 N–H and O–H groups in total. The van der Waals surface area contributed by atoms with Gasteiger partial charge in [0, 0.05) is 25.3 Å². The largest absolute Gasteiger partial charge is 0.384 e. The van der Waals surface area contributed by atoms with Crippen molar-refractivity contribution in [2.24, 2.45) is 5.92 Å². The second-order valence-corrected chi connectivity index (χ2v) is 5.14. The number of hydrogen-bond acceptors (Lipinski definition) is 4. The van der Waals surface area contributed by atoms with E-state index in [0.717, 1.165) is 19.6 Å². The highest BCUT2D eigenvalue weighted by atomic mass is 16.2. The summed E-state index contributed by atoms with van der Waals surface area (Å²) >= 11 is 0. The number of anilines is 1. The summed E-state index contributed by atoms with van der Waals surface area (Å²) in [5, 5.41) is 3.50. The van der Waals surface area contributed by atoms with Gasteiger partial charge >= 0.3 is 0 Å². The molecule has 2 unspecified atom stereocenters. The number of amides is 1. The van der Waals surface area contributed by atoms with Crippen LogP contribution in [0.15, 0.2) is 18.3 Å². The van der Waals surface area contributed by atoms with Gasteiger partial charge < -0.3 is 16.0 Å². The number of likely N-dealkylation sites (tertiary alicyclic amines) is 1. The van der Waals surface area contributed by atoms with Gasteiger partial charge in [-0.15, -0.1) is 0 Å². The van der Waals surface area contributed by atoms with E-state index in [1.54, 1.807) is 18.3 Å². The van der Waals surface area contributed by atoms with Crippen LogP contribution >= 0.6 is 0 Å². The molecule has 18 heavy (non-hydrogen) atoms. The van der Waals surface area contributed by atoms with Gasteiger partial charge in [0.25, 0.3) is 5.91 Å². The molecule has 1 aromatic heterocycles. The quantitative estimate of drug-likeness (QED) is 0.756. The summed E-state index contributed by atoms with van der Waals surface area (Å²) < 4.78 is 0. The number of nitrogens with zero attached hydrogens (tertiary/aromatic N) is 2. The van der Waals surface area contributed by atoms with Gasteiger partial charge in [-0.05, 0) is 37.4 Å². The van der Waals surface area contributed by atoms with E-state index in [9.17, 15) is 4.79 Å². The monoisotopic (exact) mass is 246 g/mol. The first-order chi connectivity index (χ1) is 8.74. The fraction of sp³-hybridized carbons (Fsp3) is 0.538. The van der Waals surface area contributed by atoms with Crippen LogP contribution in [0, 0.1) is 5.92 Å². The first-order valence-electron chi connectivity index (χ1n) is 6.48. The molecule has 2 aliphatic heterocycles. The molecule has 0 saturated carbocycles. The number of carbonyl (C=O) groups is 1. The number of pyridine rings is 1. The van der Waals surface area contributed by atoms with Crippen LogP contribution in [-0.4, -0.2) is 41.5 Å². The minimum absolute atomic E-state index is 0.0682. The maximum absolute atomic E-state index is 12.3. The predicted octanol–water partition coefficient (Wildman–Crippen LogP) is 0.488. The van der Waals surface area contributed by atoms with Crippen LogP contribution in [0.1, 0.15) is 23.2 Å². The molecule has 3 heterocycles. The molecule has 0 radical (unpaired) electrons. The third-order valence-corrected chi connectivity index (χ3v) is 3.92. The lowest BCUT2D eigenvalue weighted by Gasteiger charge is -2.24. The molecule has 0 spiro atoms. The van der Waals surface area contributed by atoms with Crippen molar-refractivity contribution >= 4 is 11.7 Å². The lowest BCUT2D eigenvalue weighted by molar-refractivity contribution is 0.0785. The standard InChI is InChI=1S/C13H18N4O/c14-12-4-3-9(6-16-12)13(18)17-7-10-2-1-5-15-11(10)8-17/h3-4,6,10-11,15H,1-2,5,7-8H2,(H2,14,16). The normalized spacial score (nSPS) is 27.0. The van der Waals surface area contributed by atoms with Crippen molar-refractivity contribution < 1.29 is 4.79 Å². The van der Waals surface area contributed by atoms with E-state index in [0.29, 0.717) is 23.3 Å². The smallest absolute Gasteiger partial charge is 0.255 e. The minimum Gasteiger partial charge on any atom is -0.384 e. The minimum atomic E-state index is 0.0682. The number of fused-ring (bicyclic) bond motifs is 1. The molecule has 1 amide bonds. The van der Waals surface area contributed by atoms with E-state index in [1.165, 1.54) is 12.8 Å². The van der Waals surface area contributed by atoms with Gasteiger partial charge in [-0.3, -0.25) is 4.79 Å². The molecule has 0 aromatic carbocycles. The van der Waals surface area contributed by atoms with Gasteiger partial charge in [0.05, 0.1) is 5.56 Å². The number of carbonyl (C=O) groups excluding carboxylic acids is 1. The van der Waals surface area contributed by atoms with E-state index in [1.807, 2.05) is 4.90 Å². The maximum atomic E-state index is 12.3. The number of nitrogens with one attached hydrogen (secondary N) is 1. The van der Waals surface area contributed by atoms with Crippen molar-refractivity contribution in [1.82, 2.24) is 15.2 Å². The van der Waals surface area contributed by atoms with Crippen molar-refractivity contribution in [3.8, 4) is 0 Å². The summed E-state index contributed by atoms with van der Waals surface area (Å²) in [5.74, 6) is 1.13. The fourth-order valence-corrected chi connectivity index (χ4v) is 2.93. The zero-order valence-corrected chi connectivity index (χ0v) is 10.3. The highest BCUT2D eigenvalue weighted by Gasteiger charge is 2.36. The summed E-state index contributed by atoms with van der Waals surface area (Å²) in [6, 6.07) is 3.90. The summed E-state index contributed by atoms with van der Waals surface area (Å²) in [6.07, 6.45) is 4.00. The van der Waals surface area contributed by atoms with Crippen LogP contribution in [0.5, 0.6) is 0 Å². The predicted molar refractivity (Wildman–Crippen MR) is 69.1 cm³/mol. The lowest BCUT2D eigenvalue weighted by atomic mass is 9.94. The Morgan fingerprint density at radius 1 is 1.44 bits per heavy atom. The number of nitrogens with two attached hydrogens (primary N) is 1. The van der Waals surface area contributed by atoms with E-state index >= 15 is 0 Å². The van der Waals surface area contributed by atoms with Gasteiger partial charge in [-0.25, -0.2) is 4.98 Å². The number of rotatable bonds is 1. The fourth-order valence-electron chi connectivity index (χ4n) is 2.93.